The average molecular weight is 342 g/mol. The second-order valence-electron chi connectivity index (χ2n) is 6.24. The lowest BCUT2D eigenvalue weighted by atomic mass is 9.81. The first-order valence-electron chi connectivity index (χ1n) is 7.37. The van der Waals surface area contributed by atoms with E-state index in [-0.39, 0.29) is 18.2 Å². The zero-order valence-corrected chi connectivity index (χ0v) is 13.5. The van der Waals surface area contributed by atoms with Gasteiger partial charge in [-0.15, -0.1) is 0 Å². The van der Waals surface area contributed by atoms with Gasteiger partial charge in [0.15, 0.2) is 0 Å². The Morgan fingerprint density at radius 1 is 1.36 bits per heavy atom. The number of carboxylic acid groups (broad SMARTS) is 1. The van der Waals surface area contributed by atoms with Crippen LogP contribution in [0.1, 0.15) is 24.8 Å². The molecule has 1 aliphatic heterocycles. The van der Waals surface area contributed by atoms with Gasteiger partial charge in [0, 0.05) is 23.1 Å². The van der Waals surface area contributed by atoms with Crippen molar-refractivity contribution >= 4 is 35.1 Å². The first-order chi connectivity index (χ1) is 10.4. The third-order valence-electron chi connectivity index (χ3n) is 5.01. The van der Waals surface area contributed by atoms with Gasteiger partial charge in [0.25, 0.3) is 0 Å². The summed E-state index contributed by atoms with van der Waals surface area (Å²) >= 11 is 12.0. The molecule has 3 rings (SSSR count). The lowest BCUT2D eigenvalue weighted by Gasteiger charge is -2.23. The number of fused-ring (bicyclic) bond motifs is 1. The summed E-state index contributed by atoms with van der Waals surface area (Å²) in [6.45, 7) is 0.855. The van der Waals surface area contributed by atoms with Crippen LogP contribution in [0.4, 0.5) is 0 Å². The highest BCUT2D eigenvalue weighted by atomic mass is 35.5. The van der Waals surface area contributed by atoms with E-state index in [1.165, 1.54) is 0 Å². The van der Waals surface area contributed by atoms with Gasteiger partial charge in [-0.3, -0.25) is 9.59 Å². The lowest BCUT2D eigenvalue weighted by Crippen LogP contribution is -2.37. The summed E-state index contributed by atoms with van der Waals surface area (Å²) in [7, 11) is 0. The maximum atomic E-state index is 12.5. The summed E-state index contributed by atoms with van der Waals surface area (Å²) in [5.41, 5.74) is -0.0167. The molecule has 2 atom stereocenters. The Labute approximate surface area is 139 Å². The summed E-state index contributed by atoms with van der Waals surface area (Å²) < 4.78 is 0. The first kappa shape index (κ1) is 15.6. The summed E-state index contributed by atoms with van der Waals surface area (Å²) in [6, 6.07) is 5.06. The van der Waals surface area contributed by atoms with E-state index in [9.17, 15) is 14.7 Å². The number of carbonyl (C=O) groups is 2. The minimum atomic E-state index is -0.769. The van der Waals surface area contributed by atoms with Gasteiger partial charge in [-0.1, -0.05) is 35.7 Å². The minimum absolute atomic E-state index is 0.0701. The molecule has 2 aliphatic rings. The molecular weight excluding hydrogens is 325 g/mol. The molecule has 1 amide bonds. The monoisotopic (exact) mass is 341 g/mol. The molecule has 6 heteroatoms. The fourth-order valence-electron chi connectivity index (χ4n) is 3.77. The van der Waals surface area contributed by atoms with Crippen molar-refractivity contribution in [1.29, 1.82) is 0 Å². The van der Waals surface area contributed by atoms with E-state index in [4.69, 9.17) is 23.2 Å². The number of rotatable bonds is 3. The van der Waals surface area contributed by atoms with Crippen LogP contribution in [-0.2, 0) is 16.0 Å². The molecule has 1 aliphatic carbocycles. The Bertz CT molecular complexity index is 634. The number of amides is 1. The van der Waals surface area contributed by atoms with Gasteiger partial charge in [-0.25, -0.2) is 0 Å². The molecule has 1 aromatic carbocycles. The van der Waals surface area contributed by atoms with Gasteiger partial charge in [-0.05, 0) is 36.5 Å². The largest absolute Gasteiger partial charge is 0.481 e. The highest BCUT2D eigenvalue weighted by Crippen LogP contribution is 2.49. The number of aliphatic carboxylic acids is 1. The minimum Gasteiger partial charge on any atom is -0.481 e. The molecule has 0 unspecified atom stereocenters. The van der Waals surface area contributed by atoms with E-state index in [0.717, 1.165) is 18.4 Å². The Morgan fingerprint density at radius 2 is 2.14 bits per heavy atom. The summed E-state index contributed by atoms with van der Waals surface area (Å²) in [6.07, 6.45) is 2.66. The number of hydrogen-bond acceptors (Lipinski definition) is 2. The third-order valence-corrected chi connectivity index (χ3v) is 5.59. The van der Waals surface area contributed by atoms with Crippen LogP contribution in [0.2, 0.25) is 10.0 Å². The lowest BCUT2D eigenvalue weighted by molar-refractivity contribution is -0.149. The number of carbonyl (C=O) groups excluding carboxylic acids is 1. The van der Waals surface area contributed by atoms with E-state index in [0.29, 0.717) is 29.6 Å². The molecule has 0 spiro atoms. The summed E-state index contributed by atoms with van der Waals surface area (Å²) in [4.78, 5) is 25.8. The zero-order valence-electron chi connectivity index (χ0n) is 12.0. The number of halogens is 2. The second-order valence-corrected chi connectivity index (χ2v) is 7.08. The van der Waals surface area contributed by atoms with Crippen LogP contribution in [0.3, 0.4) is 0 Å². The van der Waals surface area contributed by atoms with Crippen LogP contribution in [0.15, 0.2) is 18.2 Å². The Morgan fingerprint density at radius 3 is 2.77 bits per heavy atom. The number of likely N-dealkylation sites (tertiary alicyclic amines) is 1. The Kier molecular flexibility index (Phi) is 4.08. The predicted octanol–water partition coefficient (Wildman–Crippen LogP) is 3.25. The summed E-state index contributed by atoms with van der Waals surface area (Å²) in [5.74, 6) is -0.760. The average Bonchev–Trinajstić information content (AvgIpc) is 2.99. The Balaban J connectivity index is 1.73. The van der Waals surface area contributed by atoms with Gasteiger partial charge in [0.05, 0.1) is 11.8 Å². The van der Waals surface area contributed by atoms with E-state index in [1.807, 2.05) is 0 Å². The van der Waals surface area contributed by atoms with Crippen LogP contribution < -0.4 is 0 Å². The zero-order chi connectivity index (χ0) is 15.9. The summed E-state index contributed by atoms with van der Waals surface area (Å²) in [5, 5.41) is 10.6. The number of carboxylic acids is 1. The SMILES string of the molecule is O=C(Cc1ccc(Cl)cc1Cl)N1C[C@@H]2CCC[C@@]2(C(=O)O)C1. The van der Waals surface area contributed by atoms with Gasteiger partial charge in [0.2, 0.25) is 5.91 Å². The number of benzene rings is 1. The van der Waals surface area contributed by atoms with Crippen molar-refractivity contribution in [2.75, 3.05) is 13.1 Å². The van der Waals surface area contributed by atoms with Crippen molar-refractivity contribution in [1.82, 2.24) is 4.90 Å². The smallest absolute Gasteiger partial charge is 0.311 e. The molecule has 22 heavy (non-hydrogen) atoms. The number of hydrogen-bond donors (Lipinski definition) is 1. The van der Waals surface area contributed by atoms with E-state index in [2.05, 4.69) is 0 Å². The standard InChI is InChI=1S/C16H17Cl2NO3/c17-12-4-3-10(13(18)7-12)6-14(20)19-8-11-2-1-5-16(11,9-19)15(21)22/h3-4,7,11H,1-2,5-6,8-9H2,(H,21,22)/t11-,16+/m0/s1. The van der Waals surface area contributed by atoms with Crippen molar-refractivity contribution in [2.24, 2.45) is 11.3 Å². The first-order valence-corrected chi connectivity index (χ1v) is 8.13. The Hall–Kier alpha value is -1.26. The molecule has 4 nitrogen and oxygen atoms in total. The van der Waals surface area contributed by atoms with Crippen molar-refractivity contribution in [3.05, 3.63) is 33.8 Å². The number of nitrogens with zero attached hydrogens (tertiary/aromatic N) is 1. The highest BCUT2D eigenvalue weighted by molar-refractivity contribution is 6.35. The molecule has 1 aromatic rings. The van der Waals surface area contributed by atoms with E-state index in [1.54, 1.807) is 23.1 Å². The molecular formula is C16H17Cl2NO3. The second kappa shape index (κ2) is 5.74. The molecule has 0 aromatic heterocycles. The van der Waals surface area contributed by atoms with Gasteiger partial charge >= 0.3 is 5.97 Å². The van der Waals surface area contributed by atoms with Crippen LogP contribution in [0, 0.1) is 11.3 Å². The normalized spacial score (nSPS) is 27.0. The van der Waals surface area contributed by atoms with Gasteiger partial charge in [-0.2, -0.15) is 0 Å². The molecule has 0 bridgehead atoms. The molecule has 1 saturated carbocycles. The molecule has 1 N–H and O–H groups in total. The maximum absolute atomic E-state index is 12.5. The van der Waals surface area contributed by atoms with Crippen LogP contribution in [0.25, 0.3) is 0 Å². The molecule has 0 radical (unpaired) electrons. The van der Waals surface area contributed by atoms with Crippen molar-refractivity contribution < 1.29 is 14.7 Å². The maximum Gasteiger partial charge on any atom is 0.311 e. The highest BCUT2D eigenvalue weighted by Gasteiger charge is 2.55. The van der Waals surface area contributed by atoms with E-state index >= 15 is 0 Å². The molecule has 118 valence electrons. The van der Waals surface area contributed by atoms with Crippen molar-refractivity contribution in [2.45, 2.75) is 25.7 Å². The van der Waals surface area contributed by atoms with Crippen LogP contribution in [0.5, 0.6) is 0 Å². The van der Waals surface area contributed by atoms with E-state index < -0.39 is 11.4 Å². The third kappa shape index (κ3) is 2.59. The van der Waals surface area contributed by atoms with Crippen molar-refractivity contribution in [3.63, 3.8) is 0 Å². The quantitative estimate of drug-likeness (QED) is 0.917. The molecule has 1 heterocycles. The van der Waals surface area contributed by atoms with Crippen LogP contribution in [-0.4, -0.2) is 35.0 Å². The predicted molar refractivity (Wildman–Crippen MR) is 84.2 cm³/mol. The van der Waals surface area contributed by atoms with Crippen LogP contribution >= 0.6 is 23.2 Å². The topological polar surface area (TPSA) is 57.6 Å². The fraction of sp³-hybridized carbons (Fsp3) is 0.500. The molecule has 1 saturated heterocycles. The van der Waals surface area contributed by atoms with Gasteiger partial charge in [0.1, 0.15) is 0 Å². The fourth-order valence-corrected chi connectivity index (χ4v) is 4.24. The van der Waals surface area contributed by atoms with Crippen molar-refractivity contribution in [3.8, 4) is 0 Å². The molecule has 2 fully saturated rings. The van der Waals surface area contributed by atoms with Gasteiger partial charge < -0.3 is 10.0 Å².